The molecule has 0 spiro atoms. The summed E-state index contributed by atoms with van der Waals surface area (Å²) in [4.78, 5) is 11.2. The lowest BCUT2D eigenvalue weighted by Crippen LogP contribution is -2.33. The van der Waals surface area contributed by atoms with Crippen LogP contribution in [0.2, 0.25) is 0 Å². The average molecular weight is 228 g/mol. The molecule has 1 aromatic rings. The van der Waals surface area contributed by atoms with Crippen molar-refractivity contribution in [3.8, 4) is 0 Å². The van der Waals surface area contributed by atoms with Gasteiger partial charge in [-0.2, -0.15) is 0 Å². The van der Waals surface area contributed by atoms with Crippen LogP contribution in [0.15, 0.2) is 21.7 Å². The Balaban J connectivity index is 2.15. The number of carboxylic acid groups (broad SMARTS) is 1. The molecule has 1 N–H and O–H groups in total. The van der Waals surface area contributed by atoms with Crippen molar-refractivity contribution in [1.29, 1.82) is 0 Å². The minimum Gasteiger partial charge on any atom is -0.480 e. The maximum absolute atomic E-state index is 11.2. The zero-order chi connectivity index (χ0) is 10.2. The highest BCUT2D eigenvalue weighted by Gasteiger charge is 2.48. The van der Waals surface area contributed by atoms with Crippen molar-refractivity contribution < 1.29 is 9.90 Å². The molecule has 2 rings (SSSR count). The summed E-state index contributed by atoms with van der Waals surface area (Å²) >= 11 is 3.11. The molecule has 0 saturated heterocycles. The van der Waals surface area contributed by atoms with Crippen molar-refractivity contribution in [2.75, 3.05) is 0 Å². The van der Waals surface area contributed by atoms with Gasteiger partial charge in [-0.15, -0.1) is 11.3 Å². The van der Waals surface area contributed by atoms with Gasteiger partial charge in [0.2, 0.25) is 0 Å². The number of thiophene rings is 1. The minimum absolute atomic E-state index is 0.354. The number of carbonyl (C=O) groups is 1. The van der Waals surface area contributed by atoms with Crippen molar-refractivity contribution in [2.45, 2.75) is 28.7 Å². The largest absolute Gasteiger partial charge is 0.480 e. The van der Waals surface area contributed by atoms with Gasteiger partial charge in [0.15, 0.2) is 0 Å². The summed E-state index contributed by atoms with van der Waals surface area (Å²) in [6.45, 7) is 1.84. The van der Waals surface area contributed by atoms with Gasteiger partial charge in [0.05, 0.1) is 4.21 Å². The predicted octanol–water partition coefficient (Wildman–Crippen LogP) is 3.09. The third kappa shape index (κ3) is 1.81. The molecule has 1 saturated carbocycles. The molecule has 1 aromatic heterocycles. The highest BCUT2D eigenvalue weighted by atomic mass is 32.2. The van der Waals surface area contributed by atoms with E-state index >= 15 is 0 Å². The fourth-order valence-corrected chi connectivity index (χ4v) is 3.85. The summed E-state index contributed by atoms with van der Waals surface area (Å²) in [6.07, 6.45) is 2.11. The van der Waals surface area contributed by atoms with Gasteiger partial charge in [-0.25, -0.2) is 0 Å². The van der Waals surface area contributed by atoms with Crippen molar-refractivity contribution in [3.05, 3.63) is 17.5 Å². The van der Waals surface area contributed by atoms with E-state index < -0.39 is 10.7 Å². The smallest absolute Gasteiger partial charge is 0.320 e. The van der Waals surface area contributed by atoms with E-state index in [1.807, 2.05) is 24.4 Å². The fraction of sp³-hybridized carbons (Fsp3) is 0.500. The molecule has 1 atom stereocenters. The van der Waals surface area contributed by atoms with Gasteiger partial charge in [0, 0.05) is 0 Å². The molecule has 14 heavy (non-hydrogen) atoms. The zero-order valence-corrected chi connectivity index (χ0v) is 9.53. The molecule has 0 aliphatic heterocycles. The summed E-state index contributed by atoms with van der Waals surface area (Å²) in [5.74, 6) is -0.328. The quantitative estimate of drug-likeness (QED) is 0.805. The van der Waals surface area contributed by atoms with Gasteiger partial charge in [-0.1, -0.05) is 17.8 Å². The Labute approximate surface area is 91.3 Å². The molecule has 4 heteroatoms. The van der Waals surface area contributed by atoms with Crippen molar-refractivity contribution in [3.63, 3.8) is 0 Å². The van der Waals surface area contributed by atoms with E-state index in [-0.39, 0.29) is 0 Å². The van der Waals surface area contributed by atoms with E-state index in [0.29, 0.717) is 5.92 Å². The zero-order valence-electron chi connectivity index (χ0n) is 7.90. The van der Waals surface area contributed by atoms with E-state index in [1.165, 1.54) is 11.8 Å². The molecule has 0 bridgehead atoms. The van der Waals surface area contributed by atoms with Gasteiger partial charge in [0.1, 0.15) is 4.75 Å². The average Bonchev–Trinajstić information content (AvgIpc) is 2.87. The third-order valence-electron chi connectivity index (χ3n) is 2.59. The molecule has 1 heterocycles. The summed E-state index contributed by atoms with van der Waals surface area (Å²) in [7, 11) is 0. The first-order chi connectivity index (χ1) is 6.63. The number of thioether (sulfide) groups is 1. The first-order valence-corrected chi connectivity index (χ1v) is 6.28. The summed E-state index contributed by atoms with van der Waals surface area (Å²) in [5.41, 5.74) is 0. The van der Waals surface area contributed by atoms with Crippen LogP contribution in [0.4, 0.5) is 0 Å². The number of aliphatic carboxylic acids is 1. The van der Waals surface area contributed by atoms with Crippen LogP contribution in [0.3, 0.4) is 0 Å². The molecule has 1 unspecified atom stereocenters. The van der Waals surface area contributed by atoms with Crippen molar-refractivity contribution in [2.24, 2.45) is 5.92 Å². The van der Waals surface area contributed by atoms with Crippen molar-refractivity contribution >= 4 is 29.1 Å². The van der Waals surface area contributed by atoms with E-state index in [1.54, 1.807) is 11.3 Å². The minimum atomic E-state index is -0.682. The van der Waals surface area contributed by atoms with Crippen LogP contribution < -0.4 is 0 Å². The molecule has 1 aliphatic carbocycles. The standard InChI is InChI=1S/C10H12O2S2/c1-10(9(11)12,7-4-5-7)14-8-3-2-6-13-8/h2-3,6-7H,4-5H2,1H3,(H,11,12). The summed E-state index contributed by atoms with van der Waals surface area (Å²) < 4.78 is 0.479. The molecule has 76 valence electrons. The number of carboxylic acids is 1. The van der Waals surface area contributed by atoms with Gasteiger partial charge in [-0.05, 0) is 37.1 Å². The molecular formula is C10H12O2S2. The van der Waals surface area contributed by atoms with Gasteiger partial charge < -0.3 is 5.11 Å². The first-order valence-electron chi connectivity index (χ1n) is 4.59. The molecule has 0 aromatic carbocycles. The monoisotopic (exact) mass is 228 g/mol. The molecule has 0 radical (unpaired) electrons. The second-order valence-electron chi connectivity index (χ2n) is 3.72. The Kier molecular flexibility index (Phi) is 2.58. The van der Waals surface area contributed by atoms with Crippen LogP contribution in [-0.2, 0) is 4.79 Å². The van der Waals surface area contributed by atoms with Crippen LogP contribution >= 0.6 is 23.1 Å². The molecule has 1 fully saturated rings. The van der Waals surface area contributed by atoms with Crippen molar-refractivity contribution in [1.82, 2.24) is 0 Å². The Morgan fingerprint density at radius 3 is 2.86 bits per heavy atom. The van der Waals surface area contributed by atoms with Crippen LogP contribution in [0.1, 0.15) is 19.8 Å². The highest BCUT2D eigenvalue weighted by Crippen LogP contribution is 2.50. The Morgan fingerprint density at radius 2 is 2.43 bits per heavy atom. The summed E-state index contributed by atoms with van der Waals surface area (Å²) in [6, 6.07) is 3.95. The third-order valence-corrected chi connectivity index (χ3v) is 5.06. The SMILES string of the molecule is CC(Sc1cccs1)(C(=O)O)C1CC1. The highest BCUT2D eigenvalue weighted by molar-refractivity contribution is 8.03. The maximum atomic E-state index is 11.2. The van der Waals surface area contributed by atoms with Gasteiger partial charge in [0.25, 0.3) is 0 Å². The van der Waals surface area contributed by atoms with E-state index in [4.69, 9.17) is 0 Å². The lowest BCUT2D eigenvalue weighted by Gasteiger charge is -2.22. The number of hydrogen-bond donors (Lipinski definition) is 1. The maximum Gasteiger partial charge on any atom is 0.320 e. The second kappa shape index (κ2) is 3.59. The molecule has 2 nitrogen and oxygen atoms in total. The Bertz CT molecular complexity index is 330. The van der Waals surface area contributed by atoms with Crippen LogP contribution in [0.5, 0.6) is 0 Å². The number of hydrogen-bond acceptors (Lipinski definition) is 3. The Hall–Kier alpha value is -0.480. The summed E-state index contributed by atoms with van der Waals surface area (Å²) in [5, 5.41) is 11.2. The van der Waals surface area contributed by atoms with E-state index in [2.05, 4.69) is 0 Å². The second-order valence-corrected chi connectivity index (χ2v) is 6.42. The van der Waals surface area contributed by atoms with Gasteiger partial charge >= 0.3 is 5.97 Å². The molecule has 1 aliphatic rings. The predicted molar refractivity (Wildman–Crippen MR) is 58.9 cm³/mol. The Morgan fingerprint density at radius 1 is 1.71 bits per heavy atom. The van der Waals surface area contributed by atoms with Gasteiger partial charge in [-0.3, -0.25) is 4.79 Å². The normalized spacial score (nSPS) is 20.4. The van der Waals surface area contributed by atoms with E-state index in [9.17, 15) is 9.90 Å². The first kappa shape index (κ1) is 10.1. The molecular weight excluding hydrogens is 216 g/mol. The lowest BCUT2D eigenvalue weighted by atomic mass is 10.1. The van der Waals surface area contributed by atoms with Crippen LogP contribution in [-0.4, -0.2) is 15.8 Å². The van der Waals surface area contributed by atoms with Crippen LogP contribution in [0, 0.1) is 5.92 Å². The fourth-order valence-electron chi connectivity index (χ4n) is 1.47. The lowest BCUT2D eigenvalue weighted by molar-refractivity contribution is -0.139. The van der Waals surface area contributed by atoms with Crippen LogP contribution in [0.25, 0.3) is 0 Å². The molecule has 0 amide bonds. The number of rotatable bonds is 4. The topological polar surface area (TPSA) is 37.3 Å². The van der Waals surface area contributed by atoms with E-state index in [0.717, 1.165) is 17.1 Å².